The number of methoxy groups -OCH3 is 1. The highest BCUT2D eigenvalue weighted by Gasteiger charge is 2.22. The van der Waals surface area contributed by atoms with Crippen LogP contribution in [0.25, 0.3) is 0 Å². The van der Waals surface area contributed by atoms with Crippen LogP contribution < -0.4 is 4.74 Å². The van der Waals surface area contributed by atoms with Gasteiger partial charge in [-0.3, -0.25) is 4.79 Å². The molecule has 0 aliphatic heterocycles. The number of fused-ring (bicyclic) bond motifs is 1. The van der Waals surface area contributed by atoms with E-state index in [0.717, 1.165) is 24.2 Å². The van der Waals surface area contributed by atoms with E-state index in [4.69, 9.17) is 4.74 Å². The van der Waals surface area contributed by atoms with Gasteiger partial charge in [-0.15, -0.1) is 0 Å². The SMILES string of the molecule is COc1c(C)c2c(c(C)c1CC(C)=O)CCCC2. The van der Waals surface area contributed by atoms with Gasteiger partial charge in [0.1, 0.15) is 11.5 Å². The summed E-state index contributed by atoms with van der Waals surface area (Å²) < 4.78 is 5.57. The molecule has 0 atom stereocenters. The molecule has 0 unspecified atom stereocenters. The molecule has 0 bridgehead atoms. The molecule has 0 aromatic heterocycles. The molecule has 98 valence electrons. The highest BCUT2D eigenvalue weighted by atomic mass is 16.5. The van der Waals surface area contributed by atoms with E-state index in [9.17, 15) is 4.79 Å². The summed E-state index contributed by atoms with van der Waals surface area (Å²) in [4.78, 5) is 11.5. The summed E-state index contributed by atoms with van der Waals surface area (Å²) in [6.45, 7) is 5.92. The smallest absolute Gasteiger partial charge is 0.134 e. The minimum absolute atomic E-state index is 0.201. The maximum atomic E-state index is 11.5. The molecule has 2 heteroatoms. The second kappa shape index (κ2) is 5.13. The van der Waals surface area contributed by atoms with E-state index in [1.807, 2.05) is 0 Å². The van der Waals surface area contributed by atoms with E-state index < -0.39 is 0 Å². The Morgan fingerprint density at radius 3 is 2.17 bits per heavy atom. The summed E-state index contributed by atoms with van der Waals surface area (Å²) >= 11 is 0. The van der Waals surface area contributed by atoms with Gasteiger partial charge >= 0.3 is 0 Å². The third kappa shape index (κ3) is 2.16. The van der Waals surface area contributed by atoms with Crippen LogP contribution in [0, 0.1) is 13.8 Å². The first-order chi connectivity index (χ1) is 8.56. The first-order valence-electron chi connectivity index (χ1n) is 6.73. The Bertz CT molecular complexity index is 487. The minimum Gasteiger partial charge on any atom is -0.496 e. The van der Waals surface area contributed by atoms with Crippen molar-refractivity contribution in [2.45, 2.75) is 52.9 Å². The van der Waals surface area contributed by atoms with Crippen molar-refractivity contribution in [1.82, 2.24) is 0 Å². The van der Waals surface area contributed by atoms with Crippen LogP contribution in [-0.4, -0.2) is 12.9 Å². The lowest BCUT2D eigenvalue weighted by molar-refractivity contribution is -0.116. The highest BCUT2D eigenvalue weighted by Crippen LogP contribution is 2.37. The quantitative estimate of drug-likeness (QED) is 0.817. The van der Waals surface area contributed by atoms with Gasteiger partial charge in [0.25, 0.3) is 0 Å². The van der Waals surface area contributed by atoms with Gasteiger partial charge < -0.3 is 4.74 Å². The average molecular weight is 246 g/mol. The fourth-order valence-corrected chi connectivity index (χ4v) is 3.19. The van der Waals surface area contributed by atoms with Crippen molar-refractivity contribution in [3.05, 3.63) is 27.8 Å². The van der Waals surface area contributed by atoms with E-state index in [2.05, 4.69) is 13.8 Å². The van der Waals surface area contributed by atoms with Crippen LogP contribution in [0.2, 0.25) is 0 Å². The van der Waals surface area contributed by atoms with Crippen molar-refractivity contribution >= 4 is 5.78 Å². The normalized spacial score (nSPS) is 14.2. The third-order valence-electron chi connectivity index (χ3n) is 4.07. The molecule has 1 aromatic rings. The van der Waals surface area contributed by atoms with Crippen LogP contribution in [0.5, 0.6) is 5.75 Å². The Labute approximate surface area is 109 Å². The second-order valence-corrected chi connectivity index (χ2v) is 5.30. The summed E-state index contributed by atoms with van der Waals surface area (Å²) in [6.07, 6.45) is 5.32. The van der Waals surface area contributed by atoms with Gasteiger partial charge in [-0.25, -0.2) is 0 Å². The monoisotopic (exact) mass is 246 g/mol. The number of hydrogen-bond donors (Lipinski definition) is 0. The number of rotatable bonds is 3. The number of carbonyl (C=O) groups excluding carboxylic acids is 1. The molecular formula is C16H22O2. The maximum Gasteiger partial charge on any atom is 0.134 e. The highest BCUT2D eigenvalue weighted by molar-refractivity contribution is 5.80. The zero-order valence-corrected chi connectivity index (χ0v) is 11.9. The van der Waals surface area contributed by atoms with Gasteiger partial charge in [0.05, 0.1) is 7.11 Å². The van der Waals surface area contributed by atoms with E-state index >= 15 is 0 Å². The lowest BCUT2D eigenvalue weighted by atomic mass is 9.82. The van der Waals surface area contributed by atoms with Gasteiger partial charge in [0.2, 0.25) is 0 Å². The Morgan fingerprint density at radius 1 is 1.11 bits per heavy atom. The molecule has 0 N–H and O–H groups in total. The molecule has 0 spiro atoms. The molecule has 2 rings (SSSR count). The maximum absolute atomic E-state index is 11.5. The molecule has 1 aliphatic carbocycles. The molecule has 0 heterocycles. The van der Waals surface area contributed by atoms with Gasteiger partial charge in [-0.2, -0.15) is 0 Å². The van der Waals surface area contributed by atoms with Crippen molar-refractivity contribution in [3.8, 4) is 5.75 Å². The molecule has 0 radical (unpaired) electrons. The second-order valence-electron chi connectivity index (χ2n) is 5.30. The zero-order valence-electron chi connectivity index (χ0n) is 11.9. The number of Topliss-reactive ketones (excluding diaryl/α,β-unsaturated/α-hetero) is 1. The average Bonchev–Trinajstić information content (AvgIpc) is 2.36. The molecule has 0 amide bonds. The van der Waals surface area contributed by atoms with Crippen LogP contribution in [-0.2, 0) is 24.1 Å². The molecule has 0 saturated heterocycles. The fourth-order valence-electron chi connectivity index (χ4n) is 3.19. The van der Waals surface area contributed by atoms with Gasteiger partial charge in [0, 0.05) is 12.0 Å². The standard InChI is InChI=1S/C16H22O2/c1-10(17)9-15-11(2)13-7-5-6-8-14(13)12(3)16(15)18-4/h5-9H2,1-4H3. The lowest BCUT2D eigenvalue weighted by Gasteiger charge is -2.25. The molecule has 0 fully saturated rings. The summed E-state index contributed by atoms with van der Waals surface area (Å²) in [5.41, 5.74) is 6.55. The Kier molecular flexibility index (Phi) is 3.74. The van der Waals surface area contributed by atoms with Crippen LogP contribution >= 0.6 is 0 Å². The Morgan fingerprint density at radius 2 is 1.67 bits per heavy atom. The summed E-state index contributed by atoms with van der Waals surface area (Å²) in [6, 6.07) is 0. The zero-order chi connectivity index (χ0) is 13.3. The van der Waals surface area contributed by atoms with E-state index in [1.165, 1.54) is 35.1 Å². The predicted molar refractivity (Wildman–Crippen MR) is 73.5 cm³/mol. The summed E-state index contributed by atoms with van der Waals surface area (Å²) in [5.74, 6) is 1.13. The summed E-state index contributed by atoms with van der Waals surface area (Å²) in [7, 11) is 1.71. The van der Waals surface area contributed by atoms with Crippen molar-refractivity contribution in [2.75, 3.05) is 7.11 Å². The molecule has 0 saturated carbocycles. The van der Waals surface area contributed by atoms with Crippen molar-refractivity contribution in [3.63, 3.8) is 0 Å². The predicted octanol–water partition coefficient (Wildman–Crippen LogP) is 3.32. The van der Waals surface area contributed by atoms with Crippen LogP contribution in [0.4, 0.5) is 0 Å². The first kappa shape index (κ1) is 13.1. The van der Waals surface area contributed by atoms with E-state index in [1.54, 1.807) is 14.0 Å². The number of carbonyl (C=O) groups is 1. The molecule has 18 heavy (non-hydrogen) atoms. The third-order valence-corrected chi connectivity index (χ3v) is 4.07. The van der Waals surface area contributed by atoms with Gasteiger partial charge in [-0.05, 0) is 68.7 Å². The number of hydrogen-bond acceptors (Lipinski definition) is 2. The number of benzene rings is 1. The van der Waals surface area contributed by atoms with Crippen molar-refractivity contribution in [2.24, 2.45) is 0 Å². The van der Waals surface area contributed by atoms with Crippen molar-refractivity contribution in [1.29, 1.82) is 0 Å². The largest absolute Gasteiger partial charge is 0.496 e. The first-order valence-corrected chi connectivity index (χ1v) is 6.73. The molecule has 1 aliphatic rings. The van der Waals surface area contributed by atoms with Gasteiger partial charge in [0.15, 0.2) is 0 Å². The molecular weight excluding hydrogens is 224 g/mol. The topological polar surface area (TPSA) is 26.3 Å². The molecule has 1 aromatic carbocycles. The van der Waals surface area contributed by atoms with E-state index in [0.29, 0.717) is 6.42 Å². The fraction of sp³-hybridized carbons (Fsp3) is 0.562. The Balaban J connectivity index is 2.64. The number of ether oxygens (including phenoxy) is 1. The number of ketones is 1. The van der Waals surface area contributed by atoms with Gasteiger partial charge in [-0.1, -0.05) is 0 Å². The van der Waals surface area contributed by atoms with E-state index in [-0.39, 0.29) is 5.78 Å². The molecule has 2 nitrogen and oxygen atoms in total. The van der Waals surface area contributed by atoms with Crippen LogP contribution in [0.1, 0.15) is 47.6 Å². The Hall–Kier alpha value is -1.31. The van der Waals surface area contributed by atoms with Crippen molar-refractivity contribution < 1.29 is 9.53 Å². The minimum atomic E-state index is 0.201. The van der Waals surface area contributed by atoms with Crippen LogP contribution in [0.3, 0.4) is 0 Å². The van der Waals surface area contributed by atoms with Crippen LogP contribution in [0.15, 0.2) is 0 Å². The summed E-state index contributed by atoms with van der Waals surface area (Å²) in [5, 5.41) is 0. The lowest BCUT2D eigenvalue weighted by Crippen LogP contribution is -2.13.